The molecule has 32 heteroatoms. The molecular weight excluding hydrogens is 1210 g/mol. The summed E-state index contributed by atoms with van der Waals surface area (Å²) in [6.07, 6.45) is 0. The molecule has 0 bridgehead atoms. The van der Waals surface area contributed by atoms with Crippen molar-refractivity contribution >= 4 is 65.3 Å². The van der Waals surface area contributed by atoms with Crippen LogP contribution in [0.5, 0.6) is 0 Å². The minimum atomic E-state index is -1.93. The zero-order chi connectivity index (χ0) is 68.5. The molecule has 0 spiro atoms. The van der Waals surface area contributed by atoms with Gasteiger partial charge in [0.1, 0.15) is 5.82 Å². The molecule has 0 aliphatic carbocycles. The average molecular weight is 1290 g/mol. The summed E-state index contributed by atoms with van der Waals surface area (Å²) < 4.78 is 51.2. The Balaban J connectivity index is -0.000000471. The minimum Gasteiger partial charge on any atom is -0.545 e. The second-order valence-corrected chi connectivity index (χ2v) is 17.1. The Hall–Kier alpha value is -8.15. The van der Waals surface area contributed by atoms with Crippen LogP contribution >= 0.6 is 11.6 Å². The third-order valence-corrected chi connectivity index (χ3v) is 10.5. The quantitative estimate of drug-likeness (QED) is 0.0201. The molecule has 30 nitrogen and oxygen atoms in total. The minimum absolute atomic E-state index is 0.0316. The van der Waals surface area contributed by atoms with Gasteiger partial charge in [0.15, 0.2) is 0 Å². The summed E-state index contributed by atoms with van der Waals surface area (Å²) in [5.41, 5.74) is -6.34. The van der Waals surface area contributed by atoms with Crippen LogP contribution in [-0.4, -0.2) is 241 Å². The van der Waals surface area contributed by atoms with E-state index >= 15 is 0 Å². The Morgan fingerprint density at radius 3 is 0.764 bits per heavy atom. The first-order valence-electron chi connectivity index (χ1n) is 26.3. The molecule has 0 unspecified atom stereocenters. The highest BCUT2D eigenvalue weighted by molar-refractivity contribution is 6.33. The number of carboxylic acid groups (broad SMARTS) is 9. The molecule has 89 heavy (non-hydrogen) atoms. The van der Waals surface area contributed by atoms with Gasteiger partial charge in [0.25, 0.3) is 0 Å². The molecule has 0 saturated heterocycles. The lowest BCUT2D eigenvalue weighted by molar-refractivity contribution is -0.657. The van der Waals surface area contributed by atoms with Crippen molar-refractivity contribution in [3.05, 3.63) is 140 Å². The van der Waals surface area contributed by atoms with Gasteiger partial charge in [0, 0.05) is 84.2 Å². The van der Waals surface area contributed by atoms with Gasteiger partial charge in [-0.3, -0.25) is 0 Å². The molecule has 0 heterocycles. The van der Waals surface area contributed by atoms with E-state index in [1.807, 2.05) is 0 Å². The Labute approximate surface area is 518 Å². The van der Waals surface area contributed by atoms with E-state index in [0.29, 0.717) is 12.1 Å². The monoisotopic (exact) mass is 1290 g/mol. The second kappa shape index (κ2) is 57.6. The van der Waals surface area contributed by atoms with E-state index in [1.54, 1.807) is 69.0 Å². The molecule has 500 valence electrons. The Bertz CT molecular complexity index is 2450. The molecular formula is C57H82ClFN4O26. The fourth-order valence-electron chi connectivity index (χ4n) is 5.97. The highest BCUT2D eigenvalue weighted by Crippen LogP contribution is 2.20. The predicted molar refractivity (Wildman–Crippen MR) is 305 cm³/mol. The number of benzene rings is 4. The molecule has 0 radical (unpaired) electrons. The zero-order valence-corrected chi connectivity index (χ0v) is 51.4. The summed E-state index contributed by atoms with van der Waals surface area (Å²) >= 11 is 5.50. The topological polar surface area (TPSA) is 487 Å². The number of carbonyl (C=O) groups excluding carboxylic acids is 4. The summed E-state index contributed by atoms with van der Waals surface area (Å²) in [5.74, 6) is -15.7. The SMILES string of the molecule is COCC[NH2+]CCOC.COCC[NH2+]CCOC.COCC[NH2+]CCOC.COCC[NH2+]CCOC.O=C(O)c1cccc(C(=O)O)c1C(=O)O.O=C([O-])c1ccc(C(=O)[O-])c(C(=O)O)c1C(=O)O.O=C([O-])c1ccccc1Cl.O=C([O-])c1ccccc1F. The van der Waals surface area contributed by atoms with Crippen LogP contribution < -0.4 is 41.7 Å². The number of quaternary nitrogens is 4. The van der Waals surface area contributed by atoms with Crippen LogP contribution in [0.15, 0.2) is 78.9 Å². The van der Waals surface area contributed by atoms with E-state index in [4.69, 9.17) is 75.0 Å². The average Bonchev–Trinajstić information content (AvgIpc) is 1.000. The van der Waals surface area contributed by atoms with Gasteiger partial charge in [-0.15, -0.1) is 0 Å². The van der Waals surface area contributed by atoms with Crippen LogP contribution in [0.1, 0.15) is 93.2 Å². The molecule has 0 aliphatic heterocycles. The third-order valence-electron chi connectivity index (χ3n) is 10.2. The normalized spacial score (nSPS) is 9.73. The van der Waals surface area contributed by atoms with Gasteiger partial charge in [-0.25, -0.2) is 28.4 Å². The molecule has 13 N–H and O–H groups in total. The van der Waals surface area contributed by atoms with Crippen molar-refractivity contribution in [2.24, 2.45) is 0 Å². The van der Waals surface area contributed by atoms with Gasteiger partial charge in [0.2, 0.25) is 0 Å². The first kappa shape index (κ1) is 87.3. The maximum Gasteiger partial charge on any atom is 0.337 e. The van der Waals surface area contributed by atoms with Crippen LogP contribution in [0.2, 0.25) is 5.02 Å². The van der Waals surface area contributed by atoms with Gasteiger partial charge >= 0.3 is 29.8 Å². The fourth-order valence-corrected chi connectivity index (χ4v) is 6.18. The van der Waals surface area contributed by atoms with E-state index in [-0.39, 0.29) is 10.6 Å². The standard InChI is InChI=1S/C10H6O8.C9H6O6.C7H5ClO2.C7H5FO2.4C6H15NO2/c11-7(12)3-1-2-4(8(13)14)6(10(17)18)5(3)9(15)16;10-7(11)4-2-1-3-5(8(12)13)6(4)9(14)15;2*8-6-4-2-1-3-5(6)7(9)10;4*1-8-5-3-7-4-6-9-2/h1-2H,(H,11,12)(H,13,14)(H,15,16)(H,17,18);1-3H,(H,10,11)(H,12,13)(H,14,15);2*1-4H,(H,9,10);4*7H,3-6H2,1-2H3. The Morgan fingerprint density at radius 1 is 0.337 bits per heavy atom. The van der Waals surface area contributed by atoms with Crippen molar-refractivity contribution in [3.8, 4) is 0 Å². The summed E-state index contributed by atoms with van der Waals surface area (Å²) in [7, 11) is 13.7. The lowest BCUT2D eigenvalue weighted by atomic mass is 9.95. The highest BCUT2D eigenvalue weighted by atomic mass is 35.5. The molecule has 0 atom stereocenters. The summed E-state index contributed by atoms with van der Waals surface area (Å²) in [4.78, 5) is 95.3. The number of hydrogen-bond acceptors (Lipinski definition) is 21. The zero-order valence-electron chi connectivity index (χ0n) is 50.7. The maximum atomic E-state index is 12.4. The maximum absolute atomic E-state index is 12.4. The predicted octanol–water partition coefficient (Wildman–Crippen LogP) is -5.15. The van der Waals surface area contributed by atoms with Gasteiger partial charge < -0.3 is 124 Å². The Morgan fingerprint density at radius 2 is 0.573 bits per heavy atom. The molecule has 4 aromatic carbocycles. The van der Waals surface area contributed by atoms with Crippen molar-refractivity contribution in [2.75, 3.05) is 162 Å². The van der Waals surface area contributed by atoms with Crippen molar-refractivity contribution in [1.29, 1.82) is 0 Å². The first-order valence-corrected chi connectivity index (χ1v) is 26.7. The van der Waals surface area contributed by atoms with Crippen LogP contribution in [0.4, 0.5) is 4.39 Å². The third kappa shape index (κ3) is 44.0. The van der Waals surface area contributed by atoms with E-state index in [0.717, 1.165) is 129 Å². The van der Waals surface area contributed by atoms with Crippen LogP contribution in [0.25, 0.3) is 0 Å². The summed E-state index contributed by atoms with van der Waals surface area (Å²) in [6.45, 7) is 14.8. The van der Waals surface area contributed by atoms with Crippen LogP contribution in [0.3, 0.4) is 0 Å². The molecule has 0 fully saturated rings. The van der Waals surface area contributed by atoms with Crippen LogP contribution in [-0.2, 0) is 37.9 Å². The lowest BCUT2D eigenvalue weighted by Crippen LogP contribution is -2.86. The van der Waals surface area contributed by atoms with Gasteiger partial charge in [-0.05, 0) is 24.3 Å². The lowest BCUT2D eigenvalue weighted by Gasteiger charge is -2.14. The number of nitrogens with two attached hydrogens (primary N) is 4. The molecule has 0 aromatic heterocycles. The van der Waals surface area contributed by atoms with Crippen molar-refractivity contribution in [2.45, 2.75) is 0 Å². The molecule has 4 aromatic rings. The number of rotatable bonds is 33. The molecule has 4 rings (SSSR count). The largest absolute Gasteiger partial charge is 0.545 e. The number of ether oxygens (including phenoxy) is 8. The fraction of sp³-hybridized carbons (Fsp3) is 0.421. The number of aromatic carboxylic acids is 9. The number of carbonyl (C=O) groups is 9. The van der Waals surface area contributed by atoms with Crippen molar-refractivity contribution in [1.82, 2.24) is 0 Å². The van der Waals surface area contributed by atoms with Crippen molar-refractivity contribution in [3.63, 3.8) is 0 Å². The number of methoxy groups -OCH3 is 8. The summed E-state index contributed by atoms with van der Waals surface area (Å²) in [5, 5.41) is 94.1. The van der Waals surface area contributed by atoms with E-state index in [2.05, 4.69) is 21.3 Å². The second-order valence-electron chi connectivity index (χ2n) is 16.7. The van der Waals surface area contributed by atoms with Gasteiger partial charge in [0.05, 0.1) is 157 Å². The van der Waals surface area contributed by atoms with E-state index in [1.165, 1.54) is 30.3 Å². The first-order chi connectivity index (χ1) is 42.3. The van der Waals surface area contributed by atoms with Gasteiger partial charge in [-0.1, -0.05) is 66.2 Å². The van der Waals surface area contributed by atoms with E-state index < -0.39 is 104 Å². The summed E-state index contributed by atoms with van der Waals surface area (Å²) in [6, 6.07) is 15.8. The highest BCUT2D eigenvalue weighted by Gasteiger charge is 2.25. The molecule has 0 aliphatic rings. The molecule has 0 saturated carbocycles. The smallest absolute Gasteiger partial charge is 0.337 e. The number of halogens is 2. The van der Waals surface area contributed by atoms with Crippen LogP contribution in [0, 0.1) is 5.82 Å². The molecule has 0 amide bonds. The van der Waals surface area contributed by atoms with E-state index in [9.17, 15) is 68.0 Å². The number of hydrogen-bond donors (Lipinski definition) is 9. The Kier molecular flexibility index (Phi) is 56.5. The number of carboxylic acids is 9. The van der Waals surface area contributed by atoms with Gasteiger partial charge in [-0.2, -0.15) is 0 Å². The van der Waals surface area contributed by atoms with Crippen molar-refractivity contribution < 1.29 is 153 Å².